The maximum absolute atomic E-state index is 10.4. The predicted octanol–water partition coefficient (Wildman–Crippen LogP) is -0.113. The first kappa shape index (κ1) is 13.1. The molecule has 1 saturated heterocycles. The molecule has 2 rings (SSSR count). The third kappa shape index (κ3) is 3.31. The topological polar surface area (TPSA) is 63.3 Å². The van der Waals surface area contributed by atoms with Gasteiger partial charge in [-0.3, -0.25) is 15.1 Å². The molecule has 0 spiro atoms. The van der Waals surface area contributed by atoms with Crippen molar-refractivity contribution in [1.82, 2.24) is 5.32 Å². The fraction of sp³-hybridized carbons (Fsp3) is 0.818. The van der Waals surface area contributed by atoms with Crippen molar-refractivity contribution in [3.63, 3.8) is 0 Å². The monoisotopic (exact) mass is 275 g/mol. The second-order valence-electron chi connectivity index (χ2n) is 4.47. The van der Waals surface area contributed by atoms with Gasteiger partial charge in [0, 0.05) is 17.4 Å². The van der Waals surface area contributed by atoms with Crippen molar-refractivity contribution in [2.24, 2.45) is 0 Å². The second kappa shape index (κ2) is 6.00. The number of hydrogen-bond acceptors (Lipinski definition) is 4. The van der Waals surface area contributed by atoms with Gasteiger partial charge in [0.25, 0.3) is 0 Å². The molecule has 0 aromatic rings. The van der Waals surface area contributed by atoms with Crippen molar-refractivity contribution in [3.05, 3.63) is 0 Å². The smallest absolute Gasteiger partial charge is 0.304 e. The molecule has 0 aliphatic carbocycles. The van der Waals surface area contributed by atoms with Crippen molar-refractivity contribution < 1.29 is 14.9 Å². The summed E-state index contributed by atoms with van der Waals surface area (Å²) >= 11 is 3.74. The molecule has 0 aromatic carbocycles. The Morgan fingerprint density at radius 1 is 1.65 bits per heavy atom. The lowest BCUT2D eigenvalue weighted by Gasteiger charge is -2.11. The molecule has 0 radical (unpaired) electrons. The zero-order chi connectivity index (χ0) is 12.3. The highest BCUT2D eigenvalue weighted by atomic mass is 32.2. The quantitative estimate of drug-likeness (QED) is 0.611. The molecule has 17 heavy (non-hydrogen) atoms. The van der Waals surface area contributed by atoms with E-state index in [-0.39, 0.29) is 0 Å². The van der Waals surface area contributed by atoms with Crippen molar-refractivity contribution in [2.75, 3.05) is 12.0 Å². The predicted molar refractivity (Wildman–Crippen MR) is 72.5 cm³/mol. The molecule has 3 N–H and O–H groups in total. The molecule has 96 valence electrons. The maximum Gasteiger partial charge on any atom is 0.304 e. The summed E-state index contributed by atoms with van der Waals surface area (Å²) in [6.07, 6.45) is 5.32. The lowest BCUT2D eigenvalue weighted by Crippen LogP contribution is -2.79. The van der Waals surface area contributed by atoms with Gasteiger partial charge in [-0.25, -0.2) is 0 Å². The van der Waals surface area contributed by atoms with Gasteiger partial charge in [-0.15, -0.1) is 11.8 Å². The van der Waals surface area contributed by atoms with Crippen LogP contribution in [0.2, 0.25) is 0 Å². The zero-order valence-corrected chi connectivity index (χ0v) is 11.6. The van der Waals surface area contributed by atoms with Gasteiger partial charge in [0.1, 0.15) is 12.1 Å². The van der Waals surface area contributed by atoms with E-state index in [1.807, 2.05) is 11.8 Å². The summed E-state index contributed by atoms with van der Waals surface area (Å²) in [7, 11) is 0. The molecule has 6 heteroatoms. The van der Waals surface area contributed by atoms with Gasteiger partial charge >= 0.3 is 11.1 Å². The summed E-state index contributed by atoms with van der Waals surface area (Å²) in [5.74, 6) is 0.478. The summed E-state index contributed by atoms with van der Waals surface area (Å²) < 4.78 is 0. The van der Waals surface area contributed by atoms with Crippen LogP contribution in [0.15, 0.2) is 0 Å². The Kier molecular flexibility index (Phi) is 4.62. The third-order valence-corrected chi connectivity index (χ3v) is 5.42. The van der Waals surface area contributed by atoms with Gasteiger partial charge in [-0.05, 0) is 30.9 Å². The zero-order valence-electron chi connectivity index (χ0n) is 9.94. The number of fused-ring (bicyclic) bond motifs is 1. The molecule has 0 aromatic heterocycles. The number of hydrogen-bond donors (Lipinski definition) is 3. The van der Waals surface area contributed by atoms with Crippen LogP contribution in [0.1, 0.15) is 25.7 Å². The molecule has 2 aliphatic rings. The molecule has 4 nitrogen and oxygen atoms in total. The Labute approximate surface area is 110 Å². The fourth-order valence-corrected chi connectivity index (χ4v) is 4.45. The van der Waals surface area contributed by atoms with Crippen LogP contribution in [0, 0.1) is 0 Å². The second-order valence-corrected chi connectivity index (χ2v) is 6.55. The van der Waals surface area contributed by atoms with Crippen LogP contribution in [0.3, 0.4) is 0 Å². The van der Waals surface area contributed by atoms with Crippen LogP contribution < -0.4 is 10.3 Å². The van der Waals surface area contributed by atoms with Gasteiger partial charge in [-0.2, -0.15) is 0 Å². The molecule has 1 fully saturated rings. The van der Waals surface area contributed by atoms with Crippen LogP contribution >= 0.6 is 23.5 Å². The Hall–Kier alpha value is -0.360. The molecule has 3 unspecified atom stereocenters. The molecule has 2 heterocycles. The van der Waals surface area contributed by atoms with Gasteiger partial charge in [0.15, 0.2) is 0 Å². The molecule has 0 saturated carbocycles. The normalized spacial score (nSPS) is 30.9. The highest BCUT2D eigenvalue weighted by Gasteiger charge is 2.45. The van der Waals surface area contributed by atoms with Crippen LogP contribution in [0.25, 0.3) is 0 Å². The number of thioether (sulfide) groups is 2. The summed E-state index contributed by atoms with van der Waals surface area (Å²) in [6.45, 7) is 0. The summed E-state index contributed by atoms with van der Waals surface area (Å²) in [4.78, 5) is 14.0. The first-order valence-corrected chi connectivity index (χ1v) is 8.25. The van der Waals surface area contributed by atoms with Crippen LogP contribution in [-0.2, 0) is 4.79 Å². The van der Waals surface area contributed by atoms with E-state index in [4.69, 9.17) is 5.11 Å². The average molecular weight is 275 g/mol. The number of carboxylic acid groups (broad SMARTS) is 1. The van der Waals surface area contributed by atoms with Crippen molar-refractivity contribution >= 4 is 34.7 Å². The van der Waals surface area contributed by atoms with E-state index in [0.29, 0.717) is 23.8 Å². The van der Waals surface area contributed by atoms with Crippen LogP contribution in [0.5, 0.6) is 0 Å². The summed E-state index contributed by atoms with van der Waals surface area (Å²) in [6, 6.07) is 1.10. The molecule has 0 bridgehead atoms. The minimum atomic E-state index is -0.680. The number of amidine groups is 1. The minimum absolute atomic E-state index is 0.305. The highest BCUT2D eigenvalue weighted by molar-refractivity contribution is 8.13. The Balaban J connectivity index is 1.75. The average Bonchev–Trinajstić information content (AvgIpc) is 2.84. The molecular formula is C11H19N2O2S2+. The van der Waals surface area contributed by atoms with Gasteiger partial charge in [0.05, 0.1) is 0 Å². The number of unbranched alkanes of at least 4 members (excludes halogenated alkanes) is 1. The van der Waals surface area contributed by atoms with Crippen LogP contribution in [0.4, 0.5) is 0 Å². The minimum Gasteiger partial charge on any atom is -0.481 e. The fourth-order valence-electron chi connectivity index (χ4n) is 2.38. The van der Waals surface area contributed by atoms with E-state index in [1.54, 1.807) is 11.8 Å². The van der Waals surface area contributed by atoms with E-state index in [1.165, 1.54) is 5.17 Å². The Morgan fingerprint density at radius 2 is 2.47 bits per heavy atom. The van der Waals surface area contributed by atoms with Gasteiger partial charge in [0.2, 0.25) is 0 Å². The van der Waals surface area contributed by atoms with Crippen molar-refractivity contribution in [2.45, 2.75) is 43.0 Å². The van der Waals surface area contributed by atoms with E-state index in [0.717, 1.165) is 25.0 Å². The third-order valence-electron chi connectivity index (χ3n) is 3.27. The Bertz CT molecular complexity index is 323. The van der Waals surface area contributed by atoms with E-state index in [9.17, 15) is 4.79 Å². The van der Waals surface area contributed by atoms with Crippen LogP contribution in [-0.4, -0.2) is 45.6 Å². The molecule has 2 aliphatic heterocycles. The van der Waals surface area contributed by atoms with Crippen molar-refractivity contribution in [3.8, 4) is 0 Å². The largest absolute Gasteiger partial charge is 0.481 e. The van der Waals surface area contributed by atoms with Crippen molar-refractivity contribution in [1.29, 1.82) is 0 Å². The lowest BCUT2D eigenvalue weighted by atomic mass is 10.0. The molecule has 0 amide bonds. The lowest BCUT2D eigenvalue weighted by molar-refractivity contribution is -0.490. The van der Waals surface area contributed by atoms with E-state index >= 15 is 0 Å². The SMILES string of the molecule is CSC1=[NH+]C2C(CSC2CCCCC(=O)O)N1. The number of carboxylic acids is 1. The first-order chi connectivity index (χ1) is 8.20. The maximum atomic E-state index is 10.4. The number of nitrogens with one attached hydrogen (secondary N) is 2. The standard InChI is InChI=1S/C11H18N2O2S2/c1-16-11-12-7-6-17-8(10(7)13-11)4-2-3-5-9(14)15/h7-8,10H,2-6H2,1H3,(H,12,13)(H,14,15)/p+1. The highest BCUT2D eigenvalue weighted by Crippen LogP contribution is 2.30. The number of aliphatic carboxylic acids is 1. The van der Waals surface area contributed by atoms with Gasteiger partial charge in [-0.1, -0.05) is 6.42 Å². The number of carbonyl (C=O) groups is 1. The van der Waals surface area contributed by atoms with E-state index in [2.05, 4.69) is 16.6 Å². The summed E-state index contributed by atoms with van der Waals surface area (Å²) in [5, 5.41) is 13.9. The van der Waals surface area contributed by atoms with Gasteiger partial charge < -0.3 is 5.11 Å². The molecular weight excluding hydrogens is 256 g/mol. The summed E-state index contributed by atoms with van der Waals surface area (Å²) in [5.41, 5.74) is 0. The first-order valence-electron chi connectivity index (χ1n) is 5.98. The molecule has 3 atom stereocenters. The number of rotatable bonds is 5. The van der Waals surface area contributed by atoms with E-state index < -0.39 is 5.97 Å². The Morgan fingerprint density at radius 3 is 3.18 bits per heavy atom.